The summed E-state index contributed by atoms with van der Waals surface area (Å²) in [5.74, 6) is -1.06. The number of carbonyl (C=O) groups is 2. The summed E-state index contributed by atoms with van der Waals surface area (Å²) in [5, 5.41) is 13.1. The minimum atomic E-state index is -0.966. The molecule has 1 fully saturated rings. The van der Waals surface area contributed by atoms with Crippen LogP contribution >= 0.6 is 22.9 Å². The zero-order valence-corrected chi connectivity index (χ0v) is 15.4. The van der Waals surface area contributed by atoms with Crippen molar-refractivity contribution >= 4 is 39.9 Å². The zero-order valence-electron chi connectivity index (χ0n) is 13.8. The van der Waals surface area contributed by atoms with Crippen LogP contribution in [0.3, 0.4) is 0 Å². The van der Waals surface area contributed by atoms with E-state index in [1.807, 2.05) is 11.8 Å². The second-order valence-corrected chi connectivity index (χ2v) is 7.17. The van der Waals surface area contributed by atoms with Gasteiger partial charge in [-0.2, -0.15) is 0 Å². The number of carboxylic acid groups (broad SMARTS) is 1. The van der Waals surface area contributed by atoms with E-state index in [2.05, 4.69) is 20.3 Å². The number of amides is 1. The number of nitrogens with one attached hydrogen (secondary N) is 2. The summed E-state index contributed by atoms with van der Waals surface area (Å²) < 4.78 is 0. The van der Waals surface area contributed by atoms with Crippen LogP contribution in [0, 0.1) is 6.92 Å². The minimum Gasteiger partial charge on any atom is -0.477 e. The van der Waals surface area contributed by atoms with Crippen molar-refractivity contribution in [2.75, 3.05) is 18.0 Å². The number of anilines is 1. The normalized spacial score (nSPS) is 17.1. The molecule has 3 heterocycles. The molecule has 0 aromatic carbocycles. The summed E-state index contributed by atoms with van der Waals surface area (Å²) in [6.45, 7) is 4.89. The molecule has 3 N–H and O–H groups in total. The molecule has 0 spiro atoms. The smallest absolute Gasteiger partial charge is 0.347 e. The van der Waals surface area contributed by atoms with Crippen LogP contribution in [0.15, 0.2) is 0 Å². The Morgan fingerprint density at radius 2 is 2.24 bits per heavy atom. The molecule has 1 atom stereocenters. The first-order valence-corrected chi connectivity index (χ1v) is 9.09. The summed E-state index contributed by atoms with van der Waals surface area (Å²) in [6.07, 6.45) is 1.42. The molecular formula is C15H18ClN5O3S. The lowest BCUT2D eigenvalue weighted by Gasteiger charge is -2.15. The van der Waals surface area contributed by atoms with Crippen LogP contribution in [-0.2, 0) is 6.42 Å². The number of nitrogens with zero attached hydrogens (tertiary/aromatic N) is 3. The highest BCUT2D eigenvalue weighted by Gasteiger charge is 2.28. The van der Waals surface area contributed by atoms with Crippen LogP contribution < -0.4 is 10.2 Å². The van der Waals surface area contributed by atoms with Crippen LogP contribution in [0.25, 0.3) is 0 Å². The van der Waals surface area contributed by atoms with Gasteiger partial charge in [-0.25, -0.2) is 14.8 Å². The Labute approximate surface area is 153 Å². The van der Waals surface area contributed by atoms with E-state index in [1.165, 1.54) is 0 Å². The monoisotopic (exact) mass is 383 g/mol. The van der Waals surface area contributed by atoms with Gasteiger partial charge in [0.25, 0.3) is 5.91 Å². The molecule has 2 aromatic rings. The molecule has 3 rings (SSSR count). The second-order valence-electron chi connectivity index (χ2n) is 5.83. The molecular weight excluding hydrogens is 366 g/mol. The average molecular weight is 384 g/mol. The largest absolute Gasteiger partial charge is 0.477 e. The summed E-state index contributed by atoms with van der Waals surface area (Å²) in [6, 6.07) is -0.0565. The third-order valence-corrected chi connectivity index (χ3v) is 5.59. The van der Waals surface area contributed by atoms with Crippen LogP contribution in [0.5, 0.6) is 0 Å². The first-order valence-electron chi connectivity index (χ1n) is 7.90. The maximum absolute atomic E-state index is 12.3. The number of aromatic nitrogens is 3. The molecule has 1 amide bonds. The molecule has 0 unspecified atom stereocenters. The second kappa shape index (κ2) is 7.01. The molecule has 0 aliphatic carbocycles. The summed E-state index contributed by atoms with van der Waals surface area (Å²) in [4.78, 5) is 37.0. The van der Waals surface area contributed by atoms with Crippen molar-refractivity contribution in [3.63, 3.8) is 0 Å². The Morgan fingerprint density at radius 1 is 1.48 bits per heavy atom. The highest BCUT2D eigenvalue weighted by molar-refractivity contribution is 7.17. The van der Waals surface area contributed by atoms with Crippen molar-refractivity contribution in [3.05, 3.63) is 27.2 Å². The van der Waals surface area contributed by atoms with Crippen molar-refractivity contribution in [1.29, 1.82) is 0 Å². The molecule has 0 radical (unpaired) electrons. The Kier molecular flexibility index (Phi) is 4.96. The molecule has 10 heteroatoms. The van der Waals surface area contributed by atoms with Crippen LogP contribution in [-0.4, -0.2) is 51.1 Å². The number of H-pyrrole nitrogens is 1. The number of halogens is 1. The number of thiazole rings is 1. The maximum Gasteiger partial charge on any atom is 0.347 e. The minimum absolute atomic E-state index is 0.0565. The Balaban J connectivity index is 1.63. The number of carbonyl (C=O) groups excluding carboxylic acids is 1. The fourth-order valence-electron chi connectivity index (χ4n) is 2.75. The topological polar surface area (TPSA) is 111 Å². The molecule has 25 heavy (non-hydrogen) atoms. The van der Waals surface area contributed by atoms with Gasteiger partial charge in [-0.05, 0) is 19.8 Å². The Bertz CT molecular complexity index is 818. The van der Waals surface area contributed by atoms with Gasteiger partial charge in [0.1, 0.15) is 4.88 Å². The number of hydrogen-bond donors (Lipinski definition) is 3. The van der Waals surface area contributed by atoms with Gasteiger partial charge < -0.3 is 20.3 Å². The summed E-state index contributed by atoms with van der Waals surface area (Å²) >= 11 is 7.12. The molecule has 1 saturated heterocycles. The molecule has 8 nitrogen and oxygen atoms in total. The quantitative estimate of drug-likeness (QED) is 0.729. The van der Waals surface area contributed by atoms with Crippen molar-refractivity contribution < 1.29 is 14.7 Å². The van der Waals surface area contributed by atoms with E-state index in [9.17, 15) is 9.59 Å². The molecule has 0 bridgehead atoms. The number of aromatic carboxylic acids is 1. The lowest BCUT2D eigenvalue weighted by atomic mass is 10.2. The van der Waals surface area contributed by atoms with Crippen molar-refractivity contribution in [3.8, 4) is 0 Å². The number of carboxylic acids is 1. The molecule has 134 valence electrons. The lowest BCUT2D eigenvalue weighted by molar-refractivity contribution is 0.0701. The number of aryl methyl sites for hydroxylation is 2. The van der Waals surface area contributed by atoms with E-state index in [0.29, 0.717) is 35.5 Å². The van der Waals surface area contributed by atoms with Gasteiger partial charge in [0.15, 0.2) is 16.1 Å². The molecule has 2 aromatic heterocycles. The van der Waals surface area contributed by atoms with Gasteiger partial charge in [0, 0.05) is 19.1 Å². The predicted molar refractivity (Wildman–Crippen MR) is 94.9 cm³/mol. The Morgan fingerprint density at radius 3 is 2.84 bits per heavy atom. The van der Waals surface area contributed by atoms with Gasteiger partial charge in [0.05, 0.1) is 11.4 Å². The van der Waals surface area contributed by atoms with Crippen LogP contribution in [0.4, 0.5) is 5.13 Å². The van der Waals surface area contributed by atoms with Crippen LogP contribution in [0.2, 0.25) is 5.15 Å². The van der Waals surface area contributed by atoms with Crippen molar-refractivity contribution in [2.45, 2.75) is 32.7 Å². The third-order valence-electron chi connectivity index (χ3n) is 4.07. The summed E-state index contributed by atoms with van der Waals surface area (Å²) in [5.41, 5.74) is 1.25. The van der Waals surface area contributed by atoms with Gasteiger partial charge in [-0.1, -0.05) is 29.9 Å². The first kappa shape index (κ1) is 17.7. The van der Waals surface area contributed by atoms with Gasteiger partial charge in [-0.15, -0.1) is 0 Å². The number of aromatic amines is 1. The van der Waals surface area contributed by atoms with Gasteiger partial charge in [-0.3, -0.25) is 4.79 Å². The van der Waals surface area contributed by atoms with Gasteiger partial charge in [0.2, 0.25) is 0 Å². The first-order chi connectivity index (χ1) is 11.9. The summed E-state index contributed by atoms with van der Waals surface area (Å²) in [7, 11) is 0. The van der Waals surface area contributed by atoms with E-state index in [-0.39, 0.29) is 22.7 Å². The molecule has 0 saturated carbocycles. The standard InChI is InChI=1S/C15H18ClN5O3S/c1-3-9-11(16)20-12(19-9)13(22)18-8-4-5-21(6-8)15-17-7(2)10(25-15)14(23)24/h8H,3-6H2,1-2H3,(H,18,22)(H,19,20)(H,23,24)/t8-/m1/s1. The molecule has 1 aliphatic rings. The predicted octanol–water partition coefficient (Wildman–Crippen LogP) is 2.10. The highest BCUT2D eigenvalue weighted by atomic mass is 35.5. The van der Waals surface area contributed by atoms with E-state index in [1.54, 1.807) is 6.92 Å². The fraction of sp³-hybridized carbons (Fsp3) is 0.467. The van der Waals surface area contributed by atoms with E-state index >= 15 is 0 Å². The number of imidazole rings is 1. The van der Waals surface area contributed by atoms with Crippen molar-refractivity contribution in [2.24, 2.45) is 0 Å². The highest BCUT2D eigenvalue weighted by Crippen LogP contribution is 2.28. The SMILES string of the molecule is CCc1[nH]c(C(=O)N[C@@H]2CCN(c3nc(C)c(C(=O)O)s3)C2)nc1Cl. The average Bonchev–Trinajstić information content (AvgIpc) is 3.25. The van der Waals surface area contributed by atoms with Gasteiger partial charge >= 0.3 is 5.97 Å². The van der Waals surface area contributed by atoms with E-state index in [0.717, 1.165) is 23.5 Å². The fourth-order valence-corrected chi connectivity index (χ4v) is 3.96. The number of rotatable bonds is 5. The van der Waals surface area contributed by atoms with E-state index < -0.39 is 5.97 Å². The van der Waals surface area contributed by atoms with Crippen LogP contribution in [0.1, 0.15) is 45.0 Å². The van der Waals surface area contributed by atoms with Crippen molar-refractivity contribution in [1.82, 2.24) is 20.3 Å². The Hall–Kier alpha value is -2.13. The third kappa shape index (κ3) is 3.62. The zero-order chi connectivity index (χ0) is 18.1. The molecule has 1 aliphatic heterocycles. The van der Waals surface area contributed by atoms with E-state index in [4.69, 9.17) is 16.7 Å². The number of hydrogen-bond acceptors (Lipinski definition) is 6. The lowest BCUT2D eigenvalue weighted by Crippen LogP contribution is -2.37. The maximum atomic E-state index is 12.3.